The van der Waals surface area contributed by atoms with E-state index in [9.17, 15) is 19.5 Å². The summed E-state index contributed by atoms with van der Waals surface area (Å²) in [6, 6.07) is 6.80. The van der Waals surface area contributed by atoms with Crippen molar-refractivity contribution in [3.63, 3.8) is 0 Å². The molecule has 2 aromatic rings. The maximum atomic E-state index is 13.1. The number of aromatic nitrogens is 1. The largest absolute Gasteiger partial charge is 0.507 e. The number of benzene rings is 1. The number of methoxy groups -OCH3 is 1. The van der Waals surface area contributed by atoms with Crippen molar-refractivity contribution in [1.29, 1.82) is 0 Å². The van der Waals surface area contributed by atoms with Gasteiger partial charge in [0.05, 0.1) is 18.7 Å². The van der Waals surface area contributed by atoms with Crippen molar-refractivity contribution in [2.24, 2.45) is 0 Å². The van der Waals surface area contributed by atoms with E-state index in [1.165, 1.54) is 12.0 Å². The van der Waals surface area contributed by atoms with Gasteiger partial charge in [0.25, 0.3) is 11.7 Å². The number of likely N-dealkylation sites (tertiary alicyclic amines) is 1. The van der Waals surface area contributed by atoms with Crippen molar-refractivity contribution in [3.05, 3.63) is 63.5 Å². The van der Waals surface area contributed by atoms with Gasteiger partial charge in [-0.1, -0.05) is 29.8 Å². The number of esters is 1. The standard InChI is InChI=1S/C24H29N3O5/c1-13-7-9-16(10-8-13)20-18(22(29)23(30)27(20)12-11-26(4)5)21(28)17-14(2)19(24(31)32-6)25-15(17)3/h7-10,20,25,28H,11-12H2,1-6H3/b21-18+/t20-/m0/s1. The molecule has 170 valence electrons. The summed E-state index contributed by atoms with van der Waals surface area (Å²) in [7, 11) is 5.04. The second-order valence-electron chi connectivity index (χ2n) is 8.32. The van der Waals surface area contributed by atoms with Crippen LogP contribution in [0, 0.1) is 20.8 Å². The fourth-order valence-corrected chi connectivity index (χ4v) is 4.06. The Morgan fingerprint density at radius 2 is 1.78 bits per heavy atom. The van der Waals surface area contributed by atoms with Crippen LogP contribution in [0.3, 0.4) is 0 Å². The van der Waals surface area contributed by atoms with Crippen LogP contribution in [0.2, 0.25) is 0 Å². The number of rotatable bonds is 6. The van der Waals surface area contributed by atoms with Crippen LogP contribution in [-0.2, 0) is 14.3 Å². The van der Waals surface area contributed by atoms with Crippen LogP contribution in [0.1, 0.15) is 44.5 Å². The molecule has 0 saturated carbocycles. The number of likely N-dealkylation sites (N-methyl/N-ethyl adjacent to an activating group) is 1. The first kappa shape index (κ1) is 23.3. The number of hydrogen-bond donors (Lipinski definition) is 2. The van der Waals surface area contributed by atoms with E-state index in [1.807, 2.05) is 50.2 Å². The van der Waals surface area contributed by atoms with E-state index in [0.717, 1.165) is 11.1 Å². The number of H-pyrrole nitrogens is 1. The number of aliphatic hydroxyl groups excluding tert-OH is 1. The average Bonchev–Trinajstić information content (AvgIpc) is 3.18. The molecule has 32 heavy (non-hydrogen) atoms. The van der Waals surface area contributed by atoms with E-state index in [0.29, 0.717) is 29.9 Å². The maximum Gasteiger partial charge on any atom is 0.354 e. The summed E-state index contributed by atoms with van der Waals surface area (Å²) in [6.45, 7) is 6.19. The summed E-state index contributed by atoms with van der Waals surface area (Å²) in [4.78, 5) is 44.5. The van der Waals surface area contributed by atoms with Gasteiger partial charge in [-0.2, -0.15) is 0 Å². The summed E-state index contributed by atoms with van der Waals surface area (Å²) in [5.74, 6) is -2.28. The number of nitrogens with one attached hydrogen (secondary N) is 1. The van der Waals surface area contributed by atoms with Crippen LogP contribution in [0.5, 0.6) is 0 Å². The topological polar surface area (TPSA) is 103 Å². The first-order valence-corrected chi connectivity index (χ1v) is 10.4. The molecule has 1 aliphatic rings. The second kappa shape index (κ2) is 9.00. The fourth-order valence-electron chi connectivity index (χ4n) is 4.06. The number of aliphatic hydroxyl groups is 1. The first-order valence-electron chi connectivity index (χ1n) is 10.4. The van der Waals surface area contributed by atoms with Crippen molar-refractivity contribution in [1.82, 2.24) is 14.8 Å². The van der Waals surface area contributed by atoms with Crippen molar-refractivity contribution >= 4 is 23.4 Å². The third-order valence-corrected chi connectivity index (χ3v) is 5.78. The van der Waals surface area contributed by atoms with Crippen LogP contribution in [0.4, 0.5) is 0 Å². The quantitative estimate of drug-likeness (QED) is 0.311. The molecule has 0 bridgehead atoms. The zero-order valence-electron chi connectivity index (χ0n) is 19.3. The van der Waals surface area contributed by atoms with Crippen LogP contribution in [0.25, 0.3) is 5.76 Å². The van der Waals surface area contributed by atoms with Gasteiger partial charge in [0.2, 0.25) is 0 Å². The van der Waals surface area contributed by atoms with Crippen LogP contribution < -0.4 is 0 Å². The van der Waals surface area contributed by atoms with Crippen LogP contribution in [0.15, 0.2) is 29.8 Å². The number of carbonyl (C=O) groups is 3. The minimum absolute atomic E-state index is 0.0132. The minimum atomic E-state index is -0.744. The summed E-state index contributed by atoms with van der Waals surface area (Å²) >= 11 is 0. The molecule has 1 amide bonds. The minimum Gasteiger partial charge on any atom is -0.507 e. The number of ketones is 1. The lowest BCUT2D eigenvalue weighted by Crippen LogP contribution is -2.35. The third-order valence-electron chi connectivity index (χ3n) is 5.78. The summed E-state index contributed by atoms with van der Waals surface area (Å²) in [6.07, 6.45) is 0. The molecule has 0 spiro atoms. The molecule has 1 aromatic carbocycles. The second-order valence-corrected chi connectivity index (χ2v) is 8.32. The maximum absolute atomic E-state index is 13.1. The zero-order valence-corrected chi connectivity index (χ0v) is 19.3. The van der Waals surface area contributed by atoms with Crippen LogP contribution in [-0.4, -0.2) is 71.8 Å². The molecule has 8 heteroatoms. The van der Waals surface area contributed by atoms with Gasteiger partial charge in [-0.15, -0.1) is 0 Å². The van der Waals surface area contributed by atoms with Gasteiger partial charge >= 0.3 is 5.97 Å². The predicted octanol–water partition coefficient (Wildman–Crippen LogP) is 2.71. The molecule has 1 aliphatic heterocycles. The molecule has 0 radical (unpaired) electrons. The van der Waals surface area contributed by atoms with E-state index in [1.54, 1.807) is 13.8 Å². The van der Waals surface area contributed by atoms with Crippen LogP contribution >= 0.6 is 0 Å². The van der Waals surface area contributed by atoms with Crippen molar-refractivity contribution in [3.8, 4) is 0 Å². The molecule has 1 aromatic heterocycles. The fraction of sp³-hybridized carbons (Fsp3) is 0.375. The zero-order chi connectivity index (χ0) is 23.7. The van der Waals surface area contributed by atoms with E-state index >= 15 is 0 Å². The highest BCUT2D eigenvalue weighted by molar-refractivity contribution is 6.46. The highest BCUT2D eigenvalue weighted by Gasteiger charge is 2.46. The van der Waals surface area contributed by atoms with Gasteiger partial charge in [0.1, 0.15) is 11.5 Å². The van der Waals surface area contributed by atoms with Crippen molar-refractivity contribution in [2.45, 2.75) is 26.8 Å². The molecule has 0 unspecified atom stereocenters. The van der Waals surface area contributed by atoms with Gasteiger partial charge in [0.15, 0.2) is 0 Å². The Morgan fingerprint density at radius 3 is 2.34 bits per heavy atom. The Kier molecular flexibility index (Phi) is 6.55. The summed E-state index contributed by atoms with van der Waals surface area (Å²) in [5.41, 5.74) is 3.26. The molecular formula is C24H29N3O5. The van der Waals surface area contributed by atoms with Gasteiger partial charge < -0.3 is 24.6 Å². The van der Waals surface area contributed by atoms with Gasteiger partial charge in [-0.05, 0) is 46.0 Å². The number of aryl methyl sites for hydroxylation is 2. The molecule has 8 nitrogen and oxygen atoms in total. The average molecular weight is 440 g/mol. The molecule has 2 heterocycles. The van der Waals surface area contributed by atoms with E-state index in [2.05, 4.69) is 4.98 Å². The lowest BCUT2D eigenvalue weighted by molar-refractivity contribution is -0.140. The number of nitrogens with zero attached hydrogens (tertiary/aromatic N) is 2. The lowest BCUT2D eigenvalue weighted by atomic mass is 9.93. The number of ether oxygens (including phenoxy) is 1. The number of amides is 1. The van der Waals surface area contributed by atoms with Gasteiger partial charge in [-0.25, -0.2) is 4.79 Å². The molecule has 2 N–H and O–H groups in total. The highest BCUT2D eigenvalue weighted by atomic mass is 16.5. The van der Waals surface area contributed by atoms with E-state index < -0.39 is 23.7 Å². The van der Waals surface area contributed by atoms with Crippen molar-refractivity contribution < 1.29 is 24.2 Å². The Labute approximate surface area is 187 Å². The molecule has 1 saturated heterocycles. The number of hydrogen-bond acceptors (Lipinski definition) is 6. The molecule has 3 rings (SSSR count). The number of Topliss-reactive ketones (excluding diaryl/α,β-unsaturated/α-hetero) is 1. The Balaban J connectivity index is 2.21. The van der Waals surface area contributed by atoms with Gasteiger partial charge in [0, 0.05) is 24.3 Å². The number of aromatic amines is 1. The highest BCUT2D eigenvalue weighted by Crippen LogP contribution is 2.40. The first-order chi connectivity index (χ1) is 15.1. The van der Waals surface area contributed by atoms with E-state index in [-0.39, 0.29) is 17.0 Å². The molecule has 1 atom stereocenters. The number of carbonyl (C=O) groups excluding carboxylic acids is 3. The Bertz CT molecular complexity index is 1100. The van der Waals surface area contributed by atoms with E-state index in [4.69, 9.17) is 4.74 Å². The Hall–Kier alpha value is -3.39. The normalized spacial score (nSPS) is 18.0. The SMILES string of the molecule is COC(=O)c1[nH]c(C)c(/C(O)=C2\C(=O)C(=O)N(CCN(C)C)[C@H]2c2ccc(C)cc2)c1C. The summed E-state index contributed by atoms with van der Waals surface area (Å²) < 4.78 is 4.80. The lowest BCUT2D eigenvalue weighted by Gasteiger charge is -2.26. The third kappa shape index (κ3) is 4.05. The predicted molar refractivity (Wildman–Crippen MR) is 120 cm³/mol. The van der Waals surface area contributed by atoms with Crippen molar-refractivity contribution in [2.75, 3.05) is 34.3 Å². The monoisotopic (exact) mass is 439 g/mol. The molecular weight excluding hydrogens is 410 g/mol. The molecule has 1 fully saturated rings. The smallest absolute Gasteiger partial charge is 0.354 e. The summed E-state index contributed by atoms with van der Waals surface area (Å²) in [5, 5.41) is 11.3. The Morgan fingerprint density at radius 1 is 1.16 bits per heavy atom. The molecule has 0 aliphatic carbocycles. The van der Waals surface area contributed by atoms with Gasteiger partial charge in [-0.3, -0.25) is 9.59 Å².